The van der Waals surface area contributed by atoms with E-state index in [0.717, 1.165) is 38.3 Å². The number of hydrogen-bond donors (Lipinski definition) is 1. The summed E-state index contributed by atoms with van der Waals surface area (Å²) < 4.78 is 5.52. The van der Waals surface area contributed by atoms with Crippen molar-refractivity contribution in [2.45, 2.75) is 90.3 Å². The zero-order valence-corrected chi connectivity index (χ0v) is 14.9. The molecule has 1 heterocycles. The Balaban J connectivity index is 1.68. The Bertz CT molecular complexity index is 361. The van der Waals surface area contributed by atoms with Crippen molar-refractivity contribution in [3.05, 3.63) is 0 Å². The Kier molecular flexibility index (Phi) is 6.13. The van der Waals surface area contributed by atoms with Crippen LogP contribution in [0.25, 0.3) is 0 Å². The molecule has 1 aliphatic heterocycles. The summed E-state index contributed by atoms with van der Waals surface area (Å²) in [4.78, 5) is 14.2. The Morgan fingerprint density at radius 1 is 1.27 bits per heavy atom. The van der Waals surface area contributed by atoms with Crippen molar-refractivity contribution < 1.29 is 9.53 Å². The topological polar surface area (TPSA) is 41.6 Å². The second-order valence-corrected chi connectivity index (χ2v) is 8.15. The number of nitrogens with zero attached hydrogens (tertiary/aromatic N) is 1. The average molecular weight is 310 g/mol. The Morgan fingerprint density at radius 3 is 2.59 bits per heavy atom. The lowest BCUT2D eigenvalue weighted by atomic mass is 9.81. The highest BCUT2D eigenvalue weighted by molar-refractivity contribution is 5.68. The van der Waals surface area contributed by atoms with E-state index in [1.807, 2.05) is 25.7 Å². The first-order chi connectivity index (χ1) is 10.3. The third kappa shape index (κ3) is 5.45. The molecule has 128 valence electrons. The fraction of sp³-hybridized carbons (Fsp3) is 0.944. The van der Waals surface area contributed by atoms with Gasteiger partial charge >= 0.3 is 6.09 Å². The molecule has 0 radical (unpaired) electrons. The Hall–Kier alpha value is -0.770. The average Bonchev–Trinajstić information content (AvgIpc) is 2.80. The van der Waals surface area contributed by atoms with Gasteiger partial charge in [0.25, 0.3) is 0 Å². The lowest BCUT2D eigenvalue weighted by molar-refractivity contribution is 0.0220. The van der Waals surface area contributed by atoms with Gasteiger partial charge in [0.1, 0.15) is 5.60 Å². The van der Waals surface area contributed by atoms with Gasteiger partial charge in [-0.25, -0.2) is 4.79 Å². The highest BCUT2D eigenvalue weighted by Crippen LogP contribution is 2.30. The van der Waals surface area contributed by atoms with Gasteiger partial charge in [0.2, 0.25) is 0 Å². The first kappa shape index (κ1) is 17.6. The van der Waals surface area contributed by atoms with Crippen LogP contribution >= 0.6 is 0 Å². The van der Waals surface area contributed by atoms with Crippen LogP contribution < -0.4 is 5.32 Å². The van der Waals surface area contributed by atoms with Crippen LogP contribution in [0.4, 0.5) is 4.79 Å². The molecule has 2 aliphatic rings. The Labute approximate surface area is 136 Å². The second kappa shape index (κ2) is 7.67. The van der Waals surface area contributed by atoms with E-state index >= 15 is 0 Å². The molecule has 1 amide bonds. The summed E-state index contributed by atoms with van der Waals surface area (Å²) >= 11 is 0. The molecular formula is C18H34N2O2. The quantitative estimate of drug-likeness (QED) is 0.808. The van der Waals surface area contributed by atoms with Gasteiger partial charge < -0.3 is 15.0 Å². The summed E-state index contributed by atoms with van der Waals surface area (Å²) in [5, 5.41) is 3.64. The van der Waals surface area contributed by atoms with Crippen LogP contribution in [0.3, 0.4) is 0 Å². The van der Waals surface area contributed by atoms with Gasteiger partial charge in [0, 0.05) is 18.6 Å². The van der Waals surface area contributed by atoms with Crippen molar-refractivity contribution in [3.63, 3.8) is 0 Å². The maximum atomic E-state index is 12.2. The monoisotopic (exact) mass is 310 g/mol. The van der Waals surface area contributed by atoms with Crippen molar-refractivity contribution in [2.24, 2.45) is 5.92 Å². The zero-order chi connectivity index (χ0) is 16.2. The molecule has 2 atom stereocenters. The van der Waals surface area contributed by atoms with Crippen LogP contribution in [-0.4, -0.2) is 41.8 Å². The van der Waals surface area contributed by atoms with E-state index in [4.69, 9.17) is 4.74 Å². The number of likely N-dealkylation sites (tertiary alicyclic amines) is 1. The highest BCUT2D eigenvalue weighted by Gasteiger charge is 2.31. The van der Waals surface area contributed by atoms with Crippen LogP contribution in [0.5, 0.6) is 0 Å². The summed E-state index contributed by atoms with van der Waals surface area (Å²) in [6.07, 6.45) is 8.66. The molecular weight excluding hydrogens is 276 g/mol. The minimum atomic E-state index is -0.403. The molecule has 0 bridgehead atoms. The number of rotatable bonds is 6. The van der Waals surface area contributed by atoms with Gasteiger partial charge in [-0.1, -0.05) is 19.3 Å². The van der Waals surface area contributed by atoms with Crippen molar-refractivity contribution in [2.75, 3.05) is 13.1 Å². The van der Waals surface area contributed by atoms with Crippen LogP contribution in [0, 0.1) is 5.92 Å². The molecule has 2 unspecified atom stereocenters. The number of carbonyl (C=O) groups is 1. The molecule has 1 aliphatic carbocycles. The molecule has 2 fully saturated rings. The van der Waals surface area contributed by atoms with Gasteiger partial charge in [0.05, 0.1) is 0 Å². The van der Waals surface area contributed by atoms with Gasteiger partial charge in [-0.3, -0.25) is 0 Å². The second-order valence-electron chi connectivity index (χ2n) is 8.15. The summed E-state index contributed by atoms with van der Waals surface area (Å²) in [6.45, 7) is 9.92. The molecule has 22 heavy (non-hydrogen) atoms. The van der Waals surface area contributed by atoms with Crippen molar-refractivity contribution in [1.29, 1.82) is 0 Å². The summed E-state index contributed by atoms with van der Waals surface area (Å²) in [5.74, 6) is 0.951. The van der Waals surface area contributed by atoms with Gasteiger partial charge in [-0.05, 0) is 65.8 Å². The van der Waals surface area contributed by atoms with Crippen LogP contribution in [-0.2, 0) is 4.74 Å². The van der Waals surface area contributed by atoms with E-state index in [9.17, 15) is 4.79 Å². The van der Waals surface area contributed by atoms with E-state index < -0.39 is 5.60 Å². The largest absolute Gasteiger partial charge is 0.444 e. The zero-order valence-electron chi connectivity index (χ0n) is 14.9. The fourth-order valence-corrected chi connectivity index (χ4v) is 3.50. The van der Waals surface area contributed by atoms with Gasteiger partial charge in [0.15, 0.2) is 0 Å². The number of ether oxygens (including phenoxy) is 1. The van der Waals surface area contributed by atoms with Crippen LogP contribution in [0.1, 0.15) is 72.6 Å². The van der Waals surface area contributed by atoms with Crippen molar-refractivity contribution >= 4 is 6.09 Å². The Morgan fingerprint density at radius 2 is 2.00 bits per heavy atom. The van der Waals surface area contributed by atoms with E-state index in [-0.39, 0.29) is 6.09 Å². The molecule has 1 saturated carbocycles. The molecule has 4 nitrogen and oxygen atoms in total. The normalized spacial score (nSPS) is 24.2. The molecule has 0 aromatic carbocycles. The summed E-state index contributed by atoms with van der Waals surface area (Å²) in [7, 11) is 0. The lowest BCUT2D eigenvalue weighted by Crippen LogP contribution is -2.41. The summed E-state index contributed by atoms with van der Waals surface area (Å²) in [6, 6.07) is 0.944. The van der Waals surface area contributed by atoms with Crippen molar-refractivity contribution in [3.8, 4) is 0 Å². The molecule has 0 aromatic rings. The van der Waals surface area contributed by atoms with E-state index in [0.29, 0.717) is 12.1 Å². The SMILES string of the molecule is CC(CC1CCC1)NCCC1CCCN1C(=O)OC(C)(C)C. The minimum Gasteiger partial charge on any atom is -0.444 e. The molecule has 0 spiro atoms. The minimum absolute atomic E-state index is 0.141. The van der Waals surface area contributed by atoms with Gasteiger partial charge in [-0.15, -0.1) is 0 Å². The molecule has 2 rings (SSSR count). The first-order valence-corrected chi connectivity index (χ1v) is 9.08. The molecule has 1 N–H and O–H groups in total. The molecule has 4 heteroatoms. The van der Waals surface area contributed by atoms with E-state index in [2.05, 4.69) is 12.2 Å². The number of nitrogens with one attached hydrogen (secondary N) is 1. The first-order valence-electron chi connectivity index (χ1n) is 9.08. The summed E-state index contributed by atoms with van der Waals surface area (Å²) in [5.41, 5.74) is -0.403. The van der Waals surface area contributed by atoms with Gasteiger partial charge in [-0.2, -0.15) is 0 Å². The number of amides is 1. The smallest absolute Gasteiger partial charge is 0.410 e. The third-order valence-corrected chi connectivity index (χ3v) is 4.89. The lowest BCUT2D eigenvalue weighted by Gasteiger charge is -2.30. The molecule has 1 saturated heterocycles. The third-order valence-electron chi connectivity index (χ3n) is 4.89. The van der Waals surface area contributed by atoms with E-state index in [1.165, 1.54) is 25.7 Å². The highest BCUT2D eigenvalue weighted by atomic mass is 16.6. The predicted molar refractivity (Wildman–Crippen MR) is 90.0 cm³/mol. The van der Waals surface area contributed by atoms with Crippen molar-refractivity contribution in [1.82, 2.24) is 10.2 Å². The standard InChI is InChI=1S/C18H34N2O2/c1-14(13-15-7-5-8-15)19-11-10-16-9-6-12-20(16)17(21)22-18(2,3)4/h14-16,19H,5-13H2,1-4H3. The predicted octanol–water partition coefficient (Wildman–Crippen LogP) is 3.94. The fourth-order valence-electron chi connectivity index (χ4n) is 3.50. The van der Waals surface area contributed by atoms with Crippen LogP contribution in [0.2, 0.25) is 0 Å². The number of hydrogen-bond acceptors (Lipinski definition) is 3. The van der Waals surface area contributed by atoms with Crippen LogP contribution in [0.15, 0.2) is 0 Å². The van der Waals surface area contributed by atoms with E-state index in [1.54, 1.807) is 0 Å². The maximum absolute atomic E-state index is 12.2. The maximum Gasteiger partial charge on any atom is 0.410 e. The molecule has 0 aromatic heterocycles. The number of carbonyl (C=O) groups excluding carboxylic acids is 1.